The Hall–Kier alpha value is -4.63. The predicted molar refractivity (Wildman–Crippen MR) is 190 cm³/mol. The number of piperidine rings is 3. The molecule has 3 aliphatic heterocycles. The van der Waals surface area contributed by atoms with Crippen LogP contribution in [0.2, 0.25) is 10.0 Å². The first kappa shape index (κ1) is 37.6. The molecule has 1 aromatic carbocycles. The zero-order valence-corrected chi connectivity index (χ0v) is 30.1. The molecule has 7 rings (SSSR count). The molecule has 2 atom stereocenters. The Labute approximate surface area is 308 Å². The first-order valence-corrected chi connectivity index (χ1v) is 17.5. The number of carboxylic acid groups (broad SMARTS) is 1. The number of carbonyl (C=O) groups is 3. The summed E-state index contributed by atoms with van der Waals surface area (Å²) in [5.41, 5.74) is 1.04. The molecule has 0 radical (unpaired) electrons. The van der Waals surface area contributed by atoms with Crippen molar-refractivity contribution >= 4 is 58.9 Å². The van der Waals surface area contributed by atoms with Crippen LogP contribution in [0.4, 0.5) is 10.6 Å². The number of hydrogen-bond acceptors (Lipinski definition) is 11. The van der Waals surface area contributed by atoms with Gasteiger partial charge in [-0.2, -0.15) is 4.73 Å². The van der Waals surface area contributed by atoms with E-state index in [0.29, 0.717) is 44.0 Å². The Morgan fingerprint density at radius 2 is 1.80 bits per heavy atom. The van der Waals surface area contributed by atoms with Gasteiger partial charge in [-0.05, 0) is 73.8 Å². The third-order valence-electron chi connectivity index (χ3n) is 8.65. The zero-order chi connectivity index (χ0) is 36.5. The van der Waals surface area contributed by atoms with E-state index in [9.17, 15) is 14.8 Å². The molecule has 51 heavy (non-hydrogen) atoms. The molecule has 0 unspecified atom stereocenters. The van der Waals surface area contributed by atoms with Crippen LogP contribution in [0.1, 0.15) is 44.6 Å². The number of methoxy groups -OCH3 is 2. The summed E-state index contributed by atoms with van der Waals surface area (Å²) in [6.07, 6.45) is 4.62. The lowest BCUT2D eigenvalue weighted by atomic mass is 9.86. The van der Waals surface area contributed by atoms with Gasteiger partial charge in [0.1, 0.15) is 32.9 Å². The lowest BCUT2D eigenvalue weighted by molar-refractivity contribution is -0.605. The second-order valence-electron chi connectivity index (χ2n) is 11.7. The van der Waals surface area contributed by atoms with Crippen LogP contribution in [0.25, 0.3) is 0 Å². The van der Waals surface area contributed by atoms with Gasteiger partial charge in [-0.1, -0.05) is 35.3 Å². The van der Waals surface area contributed by atoms with Crippen LogP contribution in [0.3, 0.4) is 0 Å². The highest BCUT2D eigenvalue weighted by molar-refractivity contribution is 7.14. The average Bonchev–Trinajstić information content (AvgIpc) is 3.61. The molecule has 3 aromatic heterocycles. The van der Waals surface area contributed by atoms with Crippen molar-refractivity contribution in [2.75, 3.05) is 38.8 Å². The first-order chi connectivity index (χ1) is 24.6. The minimum Gasteiger partial charge on any atom is -0.619 e. The number of anilines is 1. The van der Waals surface area contributed by atoms with Crippen LogP contribution in [-0.2, 0) is 27.2 Å². The largest absolute Gasteiger partial charge is 0.619 e. The minimum atomic E-state index is -0.859. The monoisotopic (exact) mass is 758 g/mol. The summed E-state index contributed by atoms with van der Waals surface area (Å²) in [7, 11) is 3.03. The van der Waals surface area contributed by atoms with Gasteiger partial charge in [0.25, 0.3) is 6.47 Å². The van der Waals surface area contributed by atoms with E-state index in [1.165, 1.54) is 42.8 Å². The number of nitrogens with zero attached hydrogens (tertiary/aromatic N) is 4. The fourth-order valence-corrected chi connectivity index (χ4v) is 7.58. The predicted octanol–water partition coefficient (Wildman–Crippen LogP) is 6.18. The number of rotatable bonds is 11. The van der Waals surface area contributed by atoms with Gasteiger partial charge < -0.3 is 29.3 Å². The number of pyridine rings is 2. The summed E-state index contributed by atoms with van der Waals surface area (Å²) < 4.78 is 23.5. The topological polar surface area (TPSA) is 155 Å². The number of carbonyl (C=O) groups excluding carboxylic acids is 2. The molecular weight excluding hydrogens is 723 g/mol. The molecule has 270 valence electrons. The summed E-state index contributed by atoms with van der Waals surface area (Å²) in [5.74, 6) is 1.16. The van der Waals surface area contributed by atoms with E-state index >= 15 is 0 Å². The lowest BCUT2D eigenvalue weighted by Crippen LogP contribution is -2.53. The van der Waals surface area contributed by atoms with Gasteiger partial charge in [0, 0.05) is 29.6 Å². The van der Waals surface area contributed by atoms with Crippen LogP contribution >= 0.6 is 34.5 Å². The molecule has 0 spiro atoms. The molecule has 3 saturated heterocycles. The first-order valence-electron chi connectivity index (χ1n) is 15.9. The Bertz CT molecular complexity index is 1800. The van der Waals surface area contributed by atoms with Gasteiger partial charge in [0.05, 0.1) is 20.8 Å². The van der Waals surface area contributed by atoms with E-state index in [2.05, 4.69) is 9.88 Å². The van der Waals surface area contributed by atoms with E-state index in [1.54, 1.807) is 48.7 Å². The van der Waals surface area contributed by atoms with Gasteiger partial charge in [-0.3, -0.25) is 14.6 Å². The van der Waals surface area contributed by atoms with E-state index < -0.39 is 18.2 Å². The maximum Gasteiger partial charge on any atom is 0.416 e. The van der Waals surface area contributed by atoms with Crippen molar-refractivity contribution in [1.29, 1.82) is 0 Å². The van der Waals surface area contributed by atoms with Gasteiger partial charge in [-0.25, -0.2) is 14.6 Å². The Kier molecular flexibility index (Phi) is 12.9. The number of aromatic nitrogens is 2. The summed E-state index contributed by atoms with van der Waals surface area (Å²) in [5, 5.41) is 19.0. The highest BCUT2D eigenvalue weighted by Crippen LogP contribution is 2.36. The van der Waals surface area contributed by atoms with Crippen molar-refractivity contribution in [2.45, 2.75) is 38.0 Å². The van der Waals surface area contributed by atoms with E-state index in [4.69, 9.17) is 52.1 Å². The fraction of sp³-hybridized carbons (Fsp3) is 0.343. The molecule has 1 N–H and O–H groups in total. The van der Waals surface area contributed by atoms with Crippen molar-refractivity contribution in [3.8, 4) is 11.5 Å². The van der Waals surface area contributed by atoms with E-state index in [-0.39, 0.29) is 35.6 Å². The Morgan fingerprint density at radius 1 is 1.10 bits per heavy atom. The third kappa shape index (κ3) is 9.38. The van der Waals surface area contributed by atoms with Crippen LogP contribution in [0.15, 0.2) is 67.1 Å². The van der Waals surface area contributed by atoms with Gasteiger partial charge in [0.2, 0.25) is 0 Å². The molecule has 4 aromatic rings. The minimum absolute atomic E-state index is 0.0802. The number of benzene rings is 1. The lowest BCUT2D eigenvalue weighted by Gasteiger charge is -2.44. The molecule has 13 nitrogen and oxygen atoms in total. The van der Waals surface area contributed by atoms with Gasteiger partial charge >= 0.3 is 12.1 Å². The fourth-order valence-electron chi connectivity index (χ4n) is 6.10. The second kappa shape index (κ2) is 17.5. The van der Waals surface area contributed by atoms with Crippen molar-refractivity contribution in [3.05, 3.63) is 103 Å². The summed E-state index contributed by atoms with van der Waals surface area (Å²) >= 11 is 14.0. The molecule has 6 heterocycles. The van der Waals surface area contributed by atoms with Crippen LogP contribution < -0.4 is 19.1 Å². The highest BCUT2D eigenvalue weighted by Gasteiger charge is 2.37. The maximum atomic E-state index is 13.6. The van der Waals surface area contributed by atoms with Crippen molar-refractivity contribution in [2.24, 2.45) is 5.92 Å². The Balaban J connectivity index is 0.00000162. The van der Waals surface area contributed by atoms with Crippen molar-refractivity contribution < 1.29 is 43.2 Å². The molecule has 3 aliphatic rings. The number of halogens is 2. The molecule has 1 amide bonds. The van der Waals surface area contributed by atoms with Crippen molar-refractivity contribution in [3.63, 3.8) is 0 Å². The molecule has 16 heteroatoms. The number of ether oxygens (including phenoxy) is 4. The Morgan fingerprint density at radius 3 is 2.41 bits per heavy atom. The van der Waals surface area contributed by atoms with E-state index in [0.717, 1.165) is 37.4 Å². The number of hydrogen-bond donors (Lipinski definition) is 1. The molecule has 0 saturated carbocycles. The smallest absolute Gasteiger partial charge is 0.416 e. The number of esters is 1. The summed E-state index contributed by atoms with van der Waals surface area (Å²) in [4.78, 5) is 44.9. The van der Waals surface area contributed by atoms with Crippen molar-refractivity contribution in [1.82, 2.24) is 9.88 Å². The van der Waals surface area contributed by atoms with Crippen LogP contribution in [0.5, 0.6) is 11.5 Å². The quantitative estimate of drug-likeness (QED) is 0.0807. The normalized spacial score (nSPS) is 18.1. The molecular formula is C35H36Cl2N4O9S. The van der Waals surface area contributed by atoms with E-state index in [1.807, 2.05) is 6.07 Å². The van der Waals surface area contributed by atoms with Gasteiger partial charge in [0.15, 0.2) is 23.9 Å². The van der Waals surface area contributed by atoms with Gasteiger partial charge in [-0.15, -0.1) is 11.3 Å². The SMILES string of the molecule is COc1ccc([C@H](Cc2c(Cl)c[n+]([O-])cc2Cl)OC(=O)c2ccc(CN(C(=O)O[C@H]3CN4CCC3CC4)c3ccccn3)s2)cc1OC.O=CO. The van der Waals surface area contributed by atoms with Crippen LogP contribution in [0, 0.1) is 11.1 Å². The average molecular weight is 760 g/mol. The number of thiophene rings is 1. The molecule has 3 fully saturated rings. The third-order valence-corrected chi connectivity index (χ3v) is 10.3. The molecule has 0 aliphatic carbocycles. The zero-order valence-electron chi connectivity index (χ0n) is 27.8. The summed E-state index contributed by atoms with van der Waals surface area (Å²) in [6, 6.07) is 14.0. The summed E-state index contributed by atoms with van der Waals surface area (Å²) in [6.45, 7) is 2.71. The van der Waals surface area contributed by atoms with Crippen LogP contribution in [-0.4, -0.2) is 73.5 Å². The standard InChI is InChI=1S/C34H34Cl2N4O7S.CH2O2/c1-44-27-8-6-22(15-29(27)45-2)28(16-24-25(35)18-39(43)19-26(24)36)46-33(41)31-9-7-23(48-31)17-40(32-5-3-4-12-37-32)34(42)47-30-20-38-13-10-21(30)11-14-38;2-1-3/h3-9,12,15,18-19,21,28,30H,10-11,13-14,16-17,20H2,1-2H3;1H,(H,2,3)/t28-,30-;/m0./s1. The highest BCUT2D eigenvalue weighted by atomic mass is 35.5. The second-order valence-corrected chi connectivity index (χ2v) is 13.7. The molecule has 2 bridgehead atoms. The number of amides is 1. The maximum absolute atomic E-state index is 13.6. The number of fused-ring (bicyclic) bond motifs is 3.